The zero-order valence-corrected chi connectivity index (χ0v) is 14.3. The molecule has 25 heavy (non-hydrogen) atoms. The van der Waals surface area contributed by atoms with Crippen molar-refractivity contribution < 1.29 is 18.7 Å². The van der Waals surface area contributed by atoms with Crippen molar-refractivity contribution in [3.8, 4) is 11.5 Å². The maximum Gasteiger partial charge on any atom is 0.257 e. The van der Waals surface area contributed by atoms with Crippen LogP contribution in [0.1, 0.15) is 18.5 Å². The highest BCUT2D eigenvalue weighted by Crippen LogP contribution is 2.34. The minimum Gasteiger partial charge on any atom is -0.454 e. The number of carbonyl (C=O) groups excluding carboxylic acids is 1. The van der Waals surface area contributed by atoms with E-state index < -0.39 is 0 Å². The van der Waals surface area contributed by atoms with Gasteiger partial charge >= 0.3 is 0 Å². The van der Waals surface area contributed by atoms with Gasteiger partial charge in [-0.3, -0.25) is 4.79 Å². The second-order valence-electron chi connectivity index (χ2n) is 5.64. The van der Waals surface area contributed by atoms with E-state index in [2.05, 4.69) is 10.3 Å². The summed E-state index contributed by atoms with van der Waals surface area (Å²) >= 11 is 1.28. The normalized spacial score (nSPS) is 13.8. The third-order valence-corrected chi connectivity index (χ3v) is 4.70. The summed E-state index contributed by atoms with van der Waals surface area (Å²) in [5.74, 6) is 1.59. The van der Waals surface area contributed by atoms with Gasteiger partial charge in [0, 0.05) is 0 Å². The van der Waals surface area contributed by atoms with Crippen LogP contribution in [-0.2, 0) is 4.79 Å². The molecule has 7 heteroatoms. The lowest BCUT2D eigenvalue weighted by molar-refractivity contribution is -0.119. The number of benzene rings is 2. The fourth-order valence-electron chi connectivity index (χ4n) is 2.59. The molecular weight excluding hydrogens is 340 g/mol. The van der Waals surface area contributed by atoms with Crippen LogP contribution in [0.25, 0.3) is 11.1 Å². The Labute approximate surface area is 148 Å². The number of hydrogen-bond acceptors (Lipinski definition) is 6. The number of oxazole rings is 1. The first-order valence-corrected chi connectivity index (χ1v) is 8.85. The van der Waals surface area contributed by atoms with Crippen LogP contribution < -0.4 is 14.8 Å². The van der Waals surface area contributed by atoms with Gasteiger partial charge in [-0.15, -0.1) is 0 Å². The van der Waals surface area contributed by atoms with E-state index in [1.807, 2.05) is 49.4 Å². The third kappa shape index (κ3) is 3.41. The molecule has 0 unspecified atom stereocenters. The molecule has 1 aromatic heterocycles. The van der Waals surface area contributed by atoms with Crippen molar-refractivity contribution in [2.45, 2.75) is 18.2 Å². The average Bonchev–Trinajstić information content (AvgIpc) is 3.25. The summed E-state index contributed by atoms with van der Waals surface area (Å²) < 4.78 is 16.3. The monoisotopic (exact) mass is 356 g/mol. The molecule has 0 radical (unpaired) electrons. The Morgan fingerprint density at radius 1 is 1.24 bits per heavy atom. The molecule has 128 valence electrons. The summed E-state index contributed by atoms with van der Waals surface area (Å²) in [6, 6.07) is 13.1. The highest BCUT2D eigenvalue weighted by atomic mass is 32.2. The first-order valence-electron chi connectivity index (χ1n) is 7.86. The summed E-state index contributed by atoms with van der Waals surface area (Å²) in [6.45, 7) is 2.17. The molecule has 0 aliphatic carbocycles. The maximum absolute atomic E-state index is 12.2. The standard InChI is InChI=1S/C18H16N2O4S/c1-11(12-6-7-15-16(8-12)23-10-22-15)19-17(21)9-25-18-20-13-4-2-3-5-14(13)24-18/h2-8,11H,9-10H2,1H3,(H,19,21)/t11-/m1/s1. The van der Waals surface area contributed by atoms with Gasteiger partial charge in [0.2, 0.25) is 12.7 Å². The van der Waals surface area contributed by atoms with E-state index >= 15 is 0 Å². The number of rotatable bonds is 5. The van der Waals surface area contributed by atoms with Crippen LogP contribution in [0, 0.1) is 0 Å². The van der Waals surface area contributed by atoms with Gasteiger partial charge in [0.05, 0.1) is 11.8 Å². The van der Waals surface area contributed by atoms with Crippen LogP contribution >= 0.6 is 11.8 Å². The molecule has 0 saturated heterocycles. The molecule has 0 spiro atoms. The second-order valence-corrected chi connectivity index (χ2v) is 6.56. The number of aromatic nitrogens is 1. The van der Waals surface area contributed by atoms with Crippen molar-refractivity contribution in [1.29, 1.82) is 0 Å². The molecule has 4 rings (SSSR count). The Kier molecular flexibility index (Phi) is 4.23. The Hall–Kier alpha value is -2.67. The molecule has 1 aliphatic heterocycles. The van der Waals surface area contributed by atoms with Crippen LogP contribution in [0.5, 0.6) is 11.5 Å². The summed E-state index contributed by atoms with van der Waals surface area (Å²) in [5.41, 5.74) is 2.47. The summed E-state index contributed by atoms with van der Waals surface area (Å²) in [7, 11) is 0. The number of ether oxygens (including phenoxy) is 2. The quantitative estimate of drug-likeness (QED) is 0.705. The van der Waals surface area contributed by atoms with E-state index in [0.717, 1.165) is 22.4 Å². The Balaban J connectivity index is 1.35. The highest BCUT2D eigenvalue weighted by molar-refractivity contribution is 7.99. The first kappa shape index (κ1) is 15.8. The maximum atomic E-state index is 12.2. The number of nitrogens with one attached hydrogen (secondary N) is 1. The van der Waals surface area contributed by atoms with Crippen molar-refractivity contribution in [2.24, 2.45) is 0 Å². The molecule has 1 atom stereocenters. The number of fused-ring (bicyclic) bond motifs is 2. The van der Waals surface area contributed by atoms with Gasteiger partial charge in [0.25, 0.3) is 5.22 Å². The topological polar surface area (TPSA) is 73.6 Å². The average molecular weight is 356 g/mol. The van der Waals surface area contributed by atoms with Gasteiger partial charge < -0.3 is 19.2 Å². The largest absolute Gasteiger partial charge is 0.454 e. The fourth-order valence-corrected chi connectivity index (χ4v) is 3.24. The van der Waals surface area contributed by atoms with E-state index in [0.29, 0.717) is 11.0 Å². The van der Waals surface area contributed by atoms with Crippen LogP contribution in [0.3, 0.4) is 0 Å². The Bertz CT molecular complexity index is 891. The molecule has 1 N–H and O–H groups in total. The first-order chi connectivity index (χ1) is 12.2. The van der Waals surface area contributed by atoms with Crippen molar-refractivity contribution in [1.82, 2.24) is 10.3 Å². The lowest BCUT2D eigenvalue weighted by Gasteiger charge is -2.14. The predicted octanol–water partition coefficient (Wildman–Crippen LogP) is 3.53. The molecule has 6 nitrogen and oxygen atoms in total. The molecule has 0 bridgehead atoms. The third-order valence-electron chi connectivity index (χ3n) is 3.88. The van der Waals surface area contributed by atoms with Crippen LogP contribution in [0.2, 0.25) is 0 Å². The van der Waals surface area contributed by atoms with Gasteiger partial charge in [-0.25, -0.2) is 4.98 Å². The van der Waals surface area contributed by atoms with Crippen LogP contribution in [-0.4, -0.2) is 23.4 Å². The zero-order valence-electron chi connectivity index (χ0n) is 13.5. The van der Waals surface area contributed by atoms with Crippen LogP contribution in [0.15, 0.2) is 52.1 Å². The van der Waals surface area contributed by atoms with Gasteiger partial charge in [-0.1, -0.05) is 30.0 Å². The smallest absolute Gasteiger partial charge is 0.257 e. The number of para-hydroxylation sites is 2. The number of amides is 1. The van der Waals surface area contributed by atoms with Crippen molar-refractivity contribution >= 4 is 28.8 Å². The molecule has 2 heterocycles. The Morgan fingerprint density at radius 3 is 2.96 bits per heavy atom. The van der Waals surface area contributed by atoms with Crippen molar-refractivity contribution in [3.05, 3.63) is 48.0 Å². The number of hydrogen-bond donors (Lipinski definition) is 1. The van der Waals surface area contributed by atoms with Gasteiger partial charge in [-0.05, 0) is 36.8 Å². The molecule has 2 aromatic carbocycles. The SMILES string of the molecule is C[C@@H](NC(=O)CSc1nc2ccccc2o1)c1ccc2c(c1)OCO2. The second kappa shape index (κ2) is 6.68. The summed E-state index contributed by atoms with van der Waals surface area (Å²) in [5, 5.41) is 3.46. The van der Waals surface area contributed by atoms with E-state index in [-0.39, 0.29) is 24.5 Å². The fraction of sp³-hybridized carbons (Fsp3) is 0.222. The number of carbonyl (C=O) groups is 1. The Morgan fingerprint density at radius 2 is 2.08 bits per heavy atom. The minimum absolute atomic E-state index is 0.0857. The lowest BCUT2D eigenvalue weighted by Crippen LogP contribution is -2.28. The molecule has 0 fully saturated rings. The van der Waals surface area contributed by atoms with E-state index in [4.69, 9.17) is 13.9 Å². The van der Waals surface area contributed by atoms with Crippen molar-refractivity contribution in [3.63, 3.8) is 0 Å². The molecule has 3 aromatic rings. The number of thioether (sulfide) groups is 1. The van der Waals surface area contributed by atoms with Crippen molar-refractivity contribution in [2.75, 3.05) is 12.5 Å². The molecule has 1 amide bonds. The lowest BCUT2D eigenvalue weighted by atomic mass is 10.1. The van der Waals surface area contributed by atoms with Gasteiger partial charge in [0.1, 0.15) is 5.52 Å². The van der Waals surface area contributed by atoms with Gasteiger partial charge in [0.15, 0.2) is 17.1 Å². The van der Waals surface area contributed by atoms with Gasteiger partial charge in [-0.2, -0.15) is 0 Å². The molecule has 1 aliphatic rings. The minimum atomic E-state index is -0.133. The zero-order chi connectivity index (χ0) is 17.2. The summed E-state index contributed by atoms with van der Waals surface area (Å²) in [4.78, 5) is 16.5. The number of nitrogens with zero attached hydrogens (tertiary/aromatic N) is 1. The predicted molar refractivity (Wildman–Crippen MR) is 93.9 cm³/mol. The summed E-state index contributed by atoms with van der Waals surface area (Å²) in [6.07, 6.45) is 0. The molecular formula is C18H16N2O4S. The van der Waals surface area contributed by atoms with Crippen LogP contribution in [0.4, 0.5) is 0 Å². The van der Waals surface area contributed by atoms with E-state index in [1.54, 1.807) is 0 Å². The highest BCUT2D eigenvalue weighted by Gasteiger charge is 2.17. The van der Waals surface area contributed by atoms with E-state index in [9.17, 15) is 4.79 Å². The van der Waals surface area contributed by atoms with E-state index in [1.165, 1.54) is 11.8 Å². The molecule has 0 saturated carbocycles.